The summed E-state index contributed by atoms with van der Waals surface area (Å²) in [5.74, 6) is -0.776. The maximum Gasteiger partial charge on any atom is 0.304 e. The van der Waals surface area contributed by atoms with E-state index < -0.39 is 29.2 Å². The number of pyridine rings is 1. The maximum atomic E-state index is 13.6. The molecule has 1 aromatic carbocycles. The second kappa shape index (κ2) is 6.57. The van der Waals surface area contributed by atoms with Crippen LogP contribution in [-0.4, -0.2) is 38.1 Å². The minimum atomic E-state index is -1.30. The molecular weight excluding hydrogens is 374 g/mol. The van der Waals surface area contributed by atoms with E-state index in [-0.39, 0.29) is 18.2 Å². The predicted octanol–water partition coefficient (Wildman–Crippen LogP) is 2.30. The number of fused-ring (bicyclic) bond motifs is 5. The Morgan fingerprint density at radius 3 is 2.69 bits per heavy atom. The van der Waals surface area contributed by atoms with Gasteiger partial charge in [0, 0.05) is 24.1 Å². The first-order valence-electron chi connectivity index (χ1n) is 9.93. The van der Waals surface area contributed by atoms with Crippen LogP contribution < -0.4 is 10.3 Å². The number of carbonyl (C=O) groups is 1. The normalized spacial score (nSPS) is 30.2. The molecule has 2 aromatic rings. The Kier molecular flexibility index (Phi) is 4.51. The zero-order chi connectivity index (χ0) is 21.1. The lowest BCUT2D eigenvalue weighted by Gasteiger charge is -2.52. The number of benzene rings is 1. The second-order valence-corrected chi connectivity index (χ2v) is 8.94. The van der Waals surface area contributed by atoms with Crippen molar-refractivity contribution in [3.8, 4) is 5.75 Å². The molecule has 1 aliphatic heterocycles. The molecule has 4 unspecified atom stereocenters. The lowest BCUT2D eigenvalue weighted by molar-refractivity contribution is -0.145. The summed E-state index contributed by atoms with van der Waals surface area (Å²) in [6, 6.07) is 7.27. The molecular formula is C22H27NO6. The third-order valence-corrected chi connectivity index (χ3v) is 6.52. The number of ether oxygens (including phenoxy) is 2. The molecule has 2 heterocycles. The van der Waals surface area contributed by atoms with Gasteiger partial charge in [0.25, 0.3) is 5.56 Å². The van der Waals surface area contributed by atoms with Gasteiger partial charge in [-0.25, -0.2) is 0 Å². The number of hydrogen-bond donors (Lipinski definition) is 2. The van der Waals surface area contributed by atoms with Crippen molar-refractivity contribution in [2.75, 3.05) is 0 Å². The zero-order valence-corrected chi connectivity index (χ0v) is 17.1. The third-order valence-electron chi connectivity index (χ3n) is 6.52. The van der Waals surface area contributed by atoms with E-state index in [1.807, 2.05) is 26.0 Å². The Morgan fingerprint density at radius 1 is 1.31 bits per heavy atom. The second-order valence-electron chi connectivity index (χ2n) is 8.94. The van der Waals surface area contributed by atoms with Gasteiger partial charge in [0.1, 0.15) is 11.4 Å². The molecule has 156 valence electrons. The standard InChI is InChI=1S/C22H27NO6/c1-12(24)28-11-23-15-8-6-5-7-13(15)18-17(20(23)26)16-14(21(2,3)29-18)9-10-22(4,27)19(16)25/h5-8,14,16,19,25,27H,9-11H2,1-4H3. The summed E-state index contributed by atoms with van der Waals surface area (Å²) in [7, 11) is 0. The Bertz CT molecular complexity index is 1040. The van der Waals surface area contributed by atoms with Crippen LogP contribution in [0.3, 0.4) is 0 Å². The maximum absolute atomic E-state index is 13.6. The average Bonchev–Trinajstić information content (AvgIpc) is 2.63. The molecule has 1 aromatic heterocycles. The number of aliphatic hydroxyl groups is 2. The average molecular weight is 401 g/mol. The lowest BCUT2D eigenvalue weighted by atomic mass is 9.61. The van der Waals surface area contributed by atoms with E-state index in [4.69, 9.17) is 9.47 Å². The highest BCUT2D eigenvalue weighted by Gasteiger charge is 2.55. The third kappa shape index (κ3) is 3.04. The first-order chi connectivity index (χ1) is 13.5. The summed E-state index contributed by atoms with van der Waals surface area (Å²) >= 11 is 0. The van der Waals surface area contributed by atoms with Crippen molar-refractivity contribution in [1.29, 1.82) is 0 Å². The Balaban J connectivity index is 2.02. The first-order valence-corrected chi connectivity index (χ1v) is 9.93. The fraction of sp³-hybridized carbons (Fsp3) is 0.545. The molecule has 4 rings (SSSR count). The van der Waals surface area contributed by atoms with Crippen LogP contribution in [0.25, 0.3) is 10.9 Å². The monoisotopic (exact) mass is 401 g/mol. The van der Waals surface area contributed by atoms with Gasteiger partial charge in [-0.1, -0.05) is 12.1 Å². The van der Waals surface area contributed by atoms with E-state index in [2.05, 4.69) is 0 Å². The van der Waals surface area contributed by atoms with Crippen LogP contribution in [0.1, 0.15) is 52.0 Å². The molecule has 4 atom stereocenters. The highest BCUT2D eigenvalue weighted by atomic mass is 16.5. The van der Waals surface area contributed by atoms with Gasteiger partial charge in [0.15, 0.2) is 6.73 Å². The van der Waals surface area contributed by atoms with Crippen molar-refractivity contribution in [1.82, 2.24) is 4.57 Å². The van der Waals surface area contributed by atoms with Crippen molar-refractivity contribution < 1.29 is 24.5 Å². The van der Waals surface area contributed by atoms with E-state index in [0.29, 0.717) is 35.1 Å². The van der Waals surface area contributed by atoms with Gasteiger partial charge < -0.3 is 19.7 Å². The smallest absolute Gasteiger partial charge is 0.304 e. The van der Waals surface area contributed by atoms with E-state index >= 15 is 0 Å². The number of aromatic nitrogens is 1. The van der Waals surface area contributed by atoms with Crippen LogP contribution in [0.5, 0.6) is 5.75 Å². The van der Waals surface area contributed by atoms with Crippen molar-refractivity contribution >= 4 is 16.9 Å². The van der Waals surface area contributed by atoms with Gasteiger partial charge >= 0.3 is 5.97 Å². The SMILES string of the molecule is CC(=O)OCn1c(=O)c2c(c3ccccc31)OC(C)(C)C1CCC(C)(O)C(O)C21. The number of rotatable bonds is 2. The van der Waals surface area contributed by atoms with Crippen LogP contribution >= 0.6 is 0 Å². The van der Waals surface area contributed by atoms with E-state index in [1.54, 1.807) is 19.1 Å². The van der Waals surface area contributed by atoms with Gasteiger partial charge in [-0.05, 0) is 45.7 Å². The summed E-state index contributed by atoms with van der Waals surface area (Å²) in [4.78, 5) is 24.9. The van der Waals surface area contributed by atoms with Crippen LogP contribution in [0.4, 0.5) is 0 Å². The Labute approximate surface area is 168 Å². The zero-order valence-electron chi connectivity index (χ0n) is 17.1. The Morgan fingerprint density at radius 2 is 2.00 bits per heavy atom. The van der Waals surface area contributed by atoms with Gasteiger partial charge in [-0.3, -0.25) is 14.2 Å². The minimum Gasteiger partial charge on any atom is -0.486 e. The van der Waals surface area contributed by atoms with Gasteiger partial charge in [0.05, 0.1) is 22.8 Å². The molecule has 2 aliphatic rings. The van der Waals surface area contributed by atoms with Gasteiger partial charge in [-0.2, -0.15) is 0 Å². The number of hydrogen-bond acceptors (Lipinski definition) is 6. The summed E-state index contributed by atoms with van der Waals surface area (Å²) in [6.07, 6.45) is -0.0662. The van der Waals surface area contributed by atoms with Gasteiger partial charge in [-0.15, -0.1) is 0 Å². The minimum absolute atomic E-state index is 0.138. The summed E-state index contributed by atoms with van der Waals surface area (Å²) in [5.41, 5.74) is -1.37. The number of aliphatic hydroxyl groups excluding tert-OH is 1. The topological polar surface area (TPSA) is 98.0 Å². The van der Waals surface area contributed by atoms with E-state index in [1.165, 1.54) is 11.5 Å². The summed E-state index contributed by atoms with van der Waals surface area (Å²) < 4.78 is 12.9. The predicted molar refractivity (Wildman–Crippen MR) is 107 cm³/mol. The Hall–Kier alpha value is -2.38. The number of para-hydroxylation sites is 1. The van der Waals surface area contributed by atoms with E-state index in [0.717, 1.165) is 0 Å². The van der Waals surface area contributed by atoms with Gasteiger partial charge in [0.2, 0.25) is 0 Å². The number of esters is 1. The molecule has 0 spiro atoms. The fourth-order valence-corrected chi connectivity index (χ4v) is 4.95. The molecule has 7 heteroatoms. The highest BCUT2D eigenvalue weighted by Crippen LogP contribution is 2.54. The number of carbonyl (C=O) groups excluding carboxylic acids is 1. The van der Waals surface area contributed by atoms with Crippen molar-refractivity contribution in [2.45, 2.75) is 70.5 Å². The first kappa shape index (κ1) is 19.9. The molecule has 7 nitrogen and oxygen atoms in total. The van der Waals surface area contributed by atoms with Crippen molar-refractivity contribution in [3.63, 3.8) is 0 Å². The van der Waals surface area contributed by atoms with Crippen molar-refractivity contribution in [2.24, 2.45) is 5.92 Å². The molecule has 2 N–H and O–H groups in total. The lowest BCUT2D eigenvalue weighted by Crippen LogP contribution is -2.58. The van der Waals surface area contributed by atoms with Crippen molar-refractivity contribution in [3.05, 3.63) is 40.2 Å². The summed E-state index contributed by atoms with van der Waals surface area (Å²) in [5, 5.41) is 22.5. The molecule has 0 amide bonds. The van der Waals surface area contributed by atoms with E-state index in [9.17, 15) is 19.8 Å². The fourth-order valence-electron chi connectivity index (χ4n) is 4.95. The van der Waals surface area contributed by atoms with Crippen LogP contribution in [0.2, 0.25) is 0 Å². The van der Waals surface area contributed by atoms with Crippen LogP contribution in [-0.2, 0) is 16.3 Å². The van der Waals surface area contributed by atoms with Crippen LogP contribution in [0.15, 0.2) is 29.1 Å². The molecule has 0 bridgehead atoms. The molecule has 29 heavy (non-hydrogen) atoms. The molecule has 0 radical (unpaired) electrons. The molecule has 1 aliphatic carbocycles. The molecule has 1 saturated carbocycles. The molecule has 0 saturated heterocycles. The summed E-state index contributed by atoms with van der Waals surface area (Å²) in [6.45, 7) is 6.58. The largest absolute Gasteiger partial charge is 0.486 e. The highest BCUT2D eigenvalue weighted by molar-refractivity contribution is 5.87. The van der Waals surface area contributed by atoms with Crippen LogP contribution in [0, 0.1) is 5.92 Å². The molecule has 1 fully saturated rings. The quantitative estimate of drug-likeness (QED) is 0.750. The number of nitrogens with zero attached hydrogens (tertiary/aromatic N) is 1.